The quantitative estimate of drug-likeness (QED) is 0.316. The molecule has 0 unspecified atom stereocenters. The topological polar surface area (TPSA) is 83.8 Å². The lowest BCUT2D eigenvalue weighted by Gasteiger charge is -2.04. The third kappa shape index (κ3) is 1.52. The van der Waals surface area contributed by atoms with Crippen LogP contribution in [0.15, 0.2) is 29.8 Å². The number of phenols is 1. The highest BCUT2D eigenvalue weighted by Crippen LogP contribution is 2.27. The van der Waals surface area contributed by atoms with Crippen LogP contribution in [-0.4, -0.2) is 28.6 Å². The van der Waals surface area contributed by atoms with Crippen molar-refractivity contribution in [3.05, 3.63) is 35.4 Å². The minimum Gasteiger partial charge on any atom is -0.507 e. The first-order chi connectivity index (χ1) is 7.61. The van der Waals surface area contributed by atoms with Crippen molar-refractivity contribution in [1.82, 2.24) is 0 Å². The number of ether oxygens (including phenoxy) is 1. The zero-order valence-electron chi connectivity index (χ0n) is 8.14. The van der Waals surface area contributed by atoms with Gasteiger partial charge in [-0.15, -0.1) is 0 Å². The van der Waals surface area contributed by atoms with E-state index in [1.165, 1.54) is 12.1 Å². The van der Waals surface area contributed by atoms with Gasteiger partial charge in [0.05, 0.1) is 11.1 Å². The van der Waals surface area contributed by atoms with E-state index in [1.54, 1.807) is 12.1 Å². The highest BCUT2D eigenvalue weighted by Gasteiger charge is 2.32. The highest BCUT2D eigenvalue weighted by atomic mass is 16.5. The molecular weight excluding hydrogens is 212 g/mol. The standard InChI is InChI=1S/C11H8O5/c12-8-4-2-1-3-6(8)9(13)7-5-16-11(15)10(7)14/h1-4,12-13H,5H2/b9-7+. The average Bonchev–Trinajstić information content (AvgIpc) is 2.60. The van der Waals surface area contributed by atoms with Gasteiger partial charge in [0, 0.05) is 0 Å². The van der Waals surface area contributed by atoms with Gasteiger partial charge in [-0.1, -0.05) is 12.1 Å². The molecule has 5 heteroatoms. The molecule has 16 heavy (non-hydrogen) atoms. The third-order valence-electron chi connectivity index (χ3n) is 2.25. The number of esters is 1. The number of aliphatic hydroxyl groups excluding tert-OH is 1. The second-order valence-corrected chi connectivity index (χ2v) is 3.25. The maximum atomic E-state index is 11.3. The molecule has 82 valence electrons. The summed E-state index contributed by atoms with van der Waals surface area (Å²) < 4.78 is 4.47. The second-order valence-electron chi connectivity index (χ2n) is 3.25. The Hall–Kier alpha value is -2.30. The Morgan fingerprint density at radius 1 is 1.25 bits per heavy atom. The van der Waals surface area contributed by atoms with E-state index in [4.69, 9.17) is 0 Å². The molecule has 1 fully saturated rings. The van der Waals surface area contributed by atoms with Gasteiger partial charge in [0.2, 0.25) is 0 Å². The molecule has 1 aliphatic heterocycles. The zero-order chi connectivity index (χ0) is 11.7. The van der Waals surface area contributed by atoms with E-state index < -0.39 is 17.5 Å². The van der Waals surface area contributed by atoms with Crippen LogP contribution in [0.3, 0.4) is 0 Å². The predicted octanol–water partition coefficient (Wildman–Crippen LogP) is 0.787. The molecule has 2 rings (SSSR count). The number of Topliss-reactive ketones (excluding diaryl/α,β-unsaturated/α-hetero) is 1. The van der Waals surface area contributed by atoms with Crippen LogP contribution in [0.4, 0.5) is 0 Å². The summed E-state index contributed by atoms with van der Waals surface area (Å²) >= 11 is 0. The average molecular weight is 220 g/mol. The Bertz CT molecular complexity index is 501. The molecule has 5 nitrogen and oxygen atoms in total. The van der Waals surface area contributed by atoms with Crippen molar-refractivity contribution >= 4 is 17.5 Å². The first-order valence-corrected chi connectivity index (χ1v) is 4.53. The summed E-state index contributed by atoms with van der Waals surface area (Å²) in [6.45, 7) is -0.266. The number of hydrogen-bond acceptors (Lipinski definition) is 5. The van der Waals surface area contributed by atoms with E-state index in [1.807, 2.05) is 0 Å². The number of carbonyl (C=O) groups excluding carboxylic acids is 2. The van der Waals surface area contributed by atoms with Crippen molar-refractivity contribution in [2.45, 2.75) is 0 Å². The number of benzene rings is 1. The number of cyclic esters (lactones) is 1. The number of phenolic OH excluding ortho intramolecular Hbond substituents is 1. The van der Waals surface area contributed by atoms with Gasteiger partial charge in [-0.2, -0.15) is 0 Å². The lowest BCUT2D eigenvalue weighted by atomic mass is 10.1. The summed E-state index contributed by atoms with van der Waals surface area (Å²) in [5, 5.41) is 19.2. The molecule has 0 aliphatic carbocycles. The summed E-state index contributed by atoms with van der Waals surface area (Å²) in [5.74, 6) is -2.45. The fraction of sp³-hybridized carbons (Fsp3) is 0.0909. The van der Waals surface area contributed by atoms with E-state index in [-0.39, 0.29) is 23.5 Å². The van der Waals surface area contributed by atoms with Crippen LogP contribution in [0.5, 0.6) is 5.75 Å². The van der Waals surface area contributed by atoms with Crippen molar-refractivity contribution in [1.29, 1.82) is 0 Å². The van der Waals surface area contributed by atoms with Gasteiger partial charge in [-0.3, -0.25) is 4.79 Å². The molecule has 1 saturated heterocycles. The summed E-state index contributed by atoms with van der Waals surface area (Å²) in [5.41, 5.74) is -0.0318. The molecule has 1 aromatic rings. The number of hydrogen-bond donors (Lipinski definition) is 2. The van der Waals surface area contributed by atoms with Crippen molar-refractivity contribution in [3.63, 3.8) is 0 Å². The Balaban J connectivity index is 2.50. The van der Waals surface area contributed by atoms with Crippen LogP contribution in [0.25, 0.3) is 5.76 Å². The van der Waals surface area contributed by atoms with E-state index in [9.17, 15) is 19.8 Å². The maximum absolute atomic E-state index is 11.3. The Kier molecular flexibility index (Phi) is 2.36. The Morgan fingerprint density at radius 2 is 1.94 bits per heavy atom. The van der Waals surface area contributed by atoms with Crippen LogP contribution in [-0.2, 0) is 14.3 Å². The van der Waals surface area contributed by atoms with Crippen molar-refractivity contribution in [2.24, 2.45) is 0 Å². The highest BCUT2D eigenvalue weighted by molar-refractivity contribution is 6.43. The fourth-order valence-corrected chi connectivity index (χ4v) is 1.40. The van der Waals surface area contributed by atoms with E-state index in [2.05, 4.69) is 4.74 Å². The molecule has 2 N–H and O–H groups in total. The van der Waals surface area contributed by atoms with Gasteiger partial charge in [-0.05, 0) is 12.1 Å². The maximum Gasteiger partial charge on any atom is 0.379 e. The Morgan fingerprint density at radius 3 is 2.50 bits per heavy atom. The third-order valence-corrected chi connectivity index (χ3v) is 2.25. The molecular formula is C11H8O5. The molecule has 1 aliphatic rings. The first-order valence-electron chi connectivity index (χ1n) is 4.53. The molecule has 0 bridgehead atoms. The summed E-state index contributed by atoms with van der Waals surface area (Å²) in [6.07, 6.45) is 0. The number of ketones is 1. The molecule has 0 spiro atoms. The monoisotopic (exact) mass is 220 g/mol. The van der Waals surface area contributed by atoms with Crippen LogP contribution < -0.4 is 0 Å². The molecule has 0 radical (unpaired) electrons. The summed E-state index contributed by atoms with van der Waals surface area (Å²) in [4.78, 5) is 22.1. The first kappa shape index (κ1) is 10.2. The van der Waals surface area contributed by atoms with Crippen molar-refractivity contribution in [3.8, 4) is 5.75 Å². The van der Waals surface area contributed by atoms with Crippen LogP contribution in [0.2, 0.25) is 0 Å². The number of aliphatic hydroxyl groups is 1. The normalized spacial score (nSPS) is 18.5. The minimum atomic E-state index is -0.989. The van der Waals surface area contributed by atoms with Crippen molar-refractivity contribution in [2.75, 3.05) is 6.61 Å². The van der Waals surface area contributed by atoms with Gasteiger partial charge in [-0.25, -0.2) is 4.79 Å². The number of rotatable bonds is 1. The van der Waals surface area contributed by atoms with Crippen LogP contribution in [0.1, 0.15) is 5.56 Å². The predicted molar refractivity (Wildman–Crippen MR) is 53.6 cm³/mol. The number of aromatic hydroxyl groups is 1. The SMILES string of the molecule is O=C1OC/C(=C(\O)c2ccccc2O)C1=O. The van der Waals surface area contributed by atoms with E-state index in [0.717, 1.165) is 0 Å². The second kappa shape index (κ2) is 3.69. The lowest BCUT2D eigenvalue weighted by Crippen LogP contribution is -2.08. The van der Waals surface area contributed by atoms with Gasteiger partial charge >= 0.3 is 5.97 Å². The summed E-state index contributed by atoms with van der Waals surface area (Å²) in [6, 6.07) is 5.98. The van der Waals surface area contributed by atoms with Crippen LogP contribution in [0, 0.1) is 0 Å². The van der Waals surface area contributed by atoms with E-state index >= 15 is 0 Å². The van der Waals surface area contributed by atoms with Gasteiger partial charge in [0.1, 0.15) is 18.1 Å². The molecule has 0 atom stereocenters. The van der Waals surface area contributed by atoms with Gasteiger partial charge in [0.25, 0.3) is 5.78 Å². The molecule has 1 heterocycles. The lowest BCUT2D eigenvalue weighted by molar-refractivity contribution is -0.146. The molecule has 1 aromatic carbocycles. The van der Waals surface area contributed by atoms with E-state index in [0.29, 0.717) is 0 Å². The minimum absolute atomic E-state index is 0.101. The molecule has 0 aromatic heterocycles. The smallest absolute Gasteiger partial charge is 0.379 e. The Labute approximate surface area is 90.6 Å². The number of carbonyl (C=O) groups is 2. The fourth-order valence-electron chi connectivity index (χ4n) is 1.40. The van der Waals surface area contributed by atoms with Crippen molar-refractivity contribution < 1.29 is 24.5 Å². The van der Waals surface area contributed by atoms with Crippen LogP contribution >= 0.6 is 0 Å². The largest absolute Gasteiger partial charge is 0.507 e. The van der Waals surface area contributed by atoms with Gasteiger partial charge < -0.3 is 14.9 Å². The number of para-hydroxylation sites is 1. The van der Waals surface area contributed by atoms with Gasteiger partial charge in [0.15, 0.2) is 0 Å². The molecule has 0 saturated carbocycles. The zero-order valence-corrected chi connectivity index (χ0v) is 8.14. The molecule has 0 amide bonds. The summed E-state index contributed by atoms with van der Waals surface area (Å²) in [7, 11) is 0.